The minimum absolute atomic E-state index is 0.0104. The summed E-state index contributed by atoms with van der Waals surface area (Å²) >= 11 is 6.39. The Bertz CT molecular complexity index is 1130. The van der Waals surface area contributed by atoms with Gasteiger partial charge in [0.1, 0.15) is 17.2 Å². The molecule has 2 aromatic carbocycles. The topological polar surface area (TPSA) is 124 Å². The molecule has 0 saturated carbocycles. The van der Waals surface area contributed by atoms with Crippen molar-refractivity contribution in [3.8, 4) is 5.75 Å². The molecule has 3 rings (SSSR count). The predicted molar refractivity (Wildman–Crippen MR) is 108 cm³/mol. The predicted octanol–water partition coefficient (Wildman–Crippen LogP) is 2.63. The first-order valence-corrected chi connectivity index (χ1v) is 10.6. The molecule has 3 amide bonds. The number of thioether (sulfide) groups is 1. The van der Waals surface area contributed by atoms with Crippen molar-refractivity contribution in [3.63, 3.8) is 0 Å². The summed E-state index contributed by atoms with van der Waals surface area (Å²) in [6.45, 7) is -0.537. The third-order valence-electron chi connectivity index (χ3n) is 3.69. The van der Waals surface area contributed by atoms with Crippen LogP contribution >= 0.6 is 23.4 Å². The molecule has 2 N–H and O–H groups in total. The molecule has 1 aliphatic heterocycles. The summed E-state index contributed by atoms with van der Waals surface area (Å²) in [5, 5.41) is -0.275. The van der Waals surface area contributed by atoms with E-state index < -0.39 is 33.7 Å². The van der Waals surface area contributed by atoms with Crippen molar-refractivity contribution < 1.29 is 27.0 Å². The van der Waals surface area contributed by atoms with Gasteiger partial charge in [-0.05, 0) is 48.2 Å². The van der Waals surface area contributed by atoms with Crippen LogP contribution < -0.4 is 9.92 Å². The van der Waals surface area contributed by atoms with E-state index in [0.717, 1.165) is 0 Å². The molecule has 0 aliphatic carbocycles. The number of carbonyl (C=O) groups excluding carboxylic acids is 3. The Morgan fingerprint density at radius 3 is 2.45 bits per heavy atom. The second-order valence-corrected chi connectivity index (χ2v) is 8.74. The van der Waals surface area contributed by atoms with Crippen LogP contribution in [0.15, 0.2) is 58.3 Å². The van der Waals surface area contributed by atoms with E-state index in [1.54, 1.807) is 12.1 Å². The lowest BCUT2D eigenvalue weighted by molar-refractivity contribution is -0.127. The number of nitrogens with zero attached hydrogens (tertiary/aromatic N) is 1. The summed E-state index contributed by atoms with van der Waals surface area (Å²) in [6.07, 6.45) is 1.32. The van der Waals surface area contributed by atoms with Gasteiger partial charge in [0.15, 0.2) is 0 Å². The van der Waals surface area contributed by atoms with Crippen molar-refractivity contribution in [2.45, 2.75) is 4.90 Å². The number of hydrogen-bond acceptors (Lipinski definition) is 7. The molecule has 0 aromatic heterocycles. The number of rotatable bonds is 6. The molecule has 1 saturated heterocycles. The monoisotopic (exact) mass is 452 g/mol. The highest BCUT2D eigenvalue weighted by Crippen LogP contribution is 2.34. The molecular formula is C18H13ClN2O6S2. The number of nitrogens with two attached hydrogens (primary N) is 1. The van der Waals surface area contributed by atoms with Crippen LogP contribution in [-0.2, 0) is 19.7 Å². The number of halogens is 1. The fraction of sp³-hybridized carbons (Fsp3) is 0.0556. The Labute approximate surface area is 175 Å². The van der Waals surface area contributed by atoms with Crippen LogP contribution in [0.5, 0.6) is 5.75 Å². The average molecular weight is 453 g/mol. The Morgan fingerprint density at radius 2 is 1.79 bits per heavy atom. The zero-order valence-electron chi connectivity index (χ0n) is 14.6. The maximum Gasteiger partial charge on any atom is 0.339 e. The van der Waals surface area contributed by atoms with Crippen LogP contribution in [-0.4, -0.2) is 36.9 Å². The van der Waals surface area contributed by atoms with Gasteiger partial charge in [-0.3, -0.25) is 19.3 Å². The molecule has 0 unspecified atom stereocenters. The van der Waals surface area contributed by atoms with Crippen molar-refractivity contribution in [1.29, 1.82) is 0 Å². The normalized spacial score (nSPS) is 15.8. The van der Waals surface area contributed by atoms with Gasteiger partial charge < -0.3 is 9.92 Å². The fourth-order valence-electron chi connectivity index (χ4n) is 2.38. The third kappa shape index (κ3) is 4.78. The quantitative estimate of drug-likeness (QED) is 0.527. The van der Waals surface area contributed by atoms with Gasteiger partial charge in [0, 0.05) is 10.6 Å². The molecule has 11 heteroatoms. The van der Waals surface area contributed by atoms with Crippen molar-refractivity contribution in [1.82, 2.24) is 4.90 Å². The zero-order valence-corrected chi connectivity index (χ0v) is 17.0. The van der Waals surface area contributed by atoms with Crippen LogP contribution in [0.3, 0.4) is 0 Å². The highest BCUT2D eigenvalue weighted by molar-refractivity contribution is 8.18. The molecule has 29 heavy (non-hydrogen) atoms. The minimum atomic E-state index is -4.16. The molecule has 1 aliphatic rings. The van der Waals surface area contributed by atoms with Crippen LogP contribution in [0, 0.1) is 0 Å². The van der Waals surface area contributed by atoms with Crippen LogP contribution in [0.2, 0.25) is 5.02 Å². The van der Waals surface area contributed by atoms with E-state index in [9.17, 15) is 22.8 Å². The molecular weight excluding hydrogens is 440 g/mol. The van der Waals surface area contributed by atoms with Crippen molar-refractivity contribution in [3.05, 3.63) is 64.0 Å². The number of primary amides is 1. The summed E-state index contributed by atoms with van der Waals surface area (Å²) in [7, 11) is -4.16. The Morgan fingerprint density at radius 1 is 1.14 bits per heavy atom. The van der Waals surface area contributed by atoms with Crippen LogP contribution in [0.4, 0.5) is 4.79 Å². The van der Waals surface area contributed by atoms with Crippen LogP contribution in [0.1, 0.15) is 5.56 Å². The second-order valence-electron chi connectivity index (χ2n) is 5.76. The van der Waals surface area contributed by atoms with E-state index in [1.807, 2.05) is 0 Å². The van der Waals surface area contributed by atoms with E-state index in [2.05, 4.69) is 0 Å². The van der Waals surface area contributed by atoms with E-state index in [0.29, 0.717) is 21.7 Å². The molecule has 8 nitrogen and oxygen atoms in total. The lowest BCUT2D eigenvalue weighted by Crippen LogP contribution is -2.36. The molecule has 0 bridgehead atoms. The fourth-order valence-corrected chi connectivity index (χ4v) is 4.29. The van der Waals surface area contributed by atoms with Crippen molar-refractivity contribution >= 4 is 56.6 Å². The summed E-state index contributed by atoms with van der Waals surface area (Å²) in [5.74, 6) is -1.57. The van der Waals surface area contributed by atoms with Gasteiger partial charge in [0.25, 0.3) is 11.1 Å². The van der Waals surface area contributed by atoms with Gasteiger partial charge in [0.05, 0.1) is 4.91 Å². The third-order valence-corrected chi connectivity index (χ3v) is 6.10. The standard InChI is InChI=1S/C18H13ClN2O6S2/c19-12-5-7-13(8-6-12)29(25,26)27-14-4-2-1-3-11(14)9-15-17(23)21(10-16(20)22)18(24)28-15/h1-9H,10H2,(H2,20,22)/b15-9-. The molecule has 1 fully saturated rings. The van der Waals surface area contributed by atoms with Gasteiger partial charge in [-0.15, -0.1) is 0 Å². The SMILES string of the molecule is NC(=O)CN1C(=O)S/C(=C\c2ccccc2OS(=O)(=O)c2ccc(Cl)cc2)C1=O. The first-order valence-electron chi connectivity index (χ1n) is 8.00. The van der Waals surface area contributed by atoms with E-state index in [4.69, 9.17) is 21.5 Å². The number of benzene rings is 2. The summed E-state index contributed by atoms with van der Waals surface area (Å²) in [5.41, 5.74) is 5.30. The summed E-state index contributed by atoms with van der Waals surface area (Å²) in [6, 6.07) is 11.5. The number of amides is 3. The molecule has 1 heterocycles. The smallest absolute Gasteiger partial charge is 0.339 e. The van der Waals surface area contributed by atoms with E-state index in [1.165, 1.54) is 42.5 Å². The highest BCUT2D eigenvalue weighted by atomic mass is 35.5. The minimum Gasteiger partial charge on any atom is -0.378 e. The van der Waals surface area contributed by atoms with Gasteiger partial charge >= 0.3 is 10.1 Å². The Hall–Kier alpha value is -2.82. The second kappa shape index (κ2) is 8.27. The Kier molecular flexibility index (Phi) is 5.96. The number of imide groups is 1. The number of carbonyl (C=O) groups is 3. The Balaban J connectivity index is 1.91. The highest BCUT2D eigenvalue weighted by Gasteiger charge is 2.36. The number of para-hydroxylation sites is 1. The van der Waals surface area contributed by atoms with E-state index >= 15 is 0 Å². The van der Waals surface area contributed by atoms with Gasteiger partial charge in [-0.25, -0.2) is 0 Å². The molecule has 0 spiro atoms. The van der Waals surface area contributed by atoms with E-state index in [-0.39, 0.29) is 21.1 Å². The van der Waals surface area contributed by atoms with Crippen molar-refractivity contribution in [2.24, 2.45) is 5.73 Å². The lowest BCUT2D eigenvalue weighted by atomic mass is 10.2. The summed E-state index contributed by atoms with van der Waals surface area (Å²) in [4.78, 5) is 35.9. The van der Waals surface area contributed by atoms with Gasteiger partial charge in [-0.1, -0.05) is 29.8 Å². The number of hydrogen-bond donors (Lipinski definition) is 1. The lowest BCUT2D eigenvalue weighted by Gasteiger charge is -2.10. The maximum absolute atomic E-state index is 12.5. The van der Waals surface area contributed by atoms with Crippen molar-refractivity contribution in [2.75, 3.05) is 6.54 Å². The average Bonchev–Trinajstić information content (AvgIpc) is 2.90. The molecule has 150 valence electrons. The maximum atomic E-state index is 12.5. The molecule has 2 aromatic rings. The largest absolute Gasteiger partial charge is 0.378 e. The zero-order chi connectivity index (χ0) is 21.2. The summed E-state index contributed by atoms with van der Waals surface area (Å²) < 4.78 is 30.3. The van der Waals surface area contributed by atoms with Gasteiger partial charge in [-0.2, -0.15) is 8.42 Å². The first-order chi connectivity index (χ1) is 13.7. The van der Waals surface area contributed by atoms with Crippen LogP contribution in [0.25, 0.3) is 6.08 Å². The molecule has 0 radical (unpaired) electrons. The molecule has 0 atom stereocenters. The first kappa shape index (κ1) is 20.9. The van der Waals surface area contributed by atoms with Gasteiger partial charge in [0.2, 0.25) is 5.91 Å².